The third-order valence-electron chi connectivity index (χ3n) is 6.00. The normalized spacial score (nSPS) is 42.9. The molecule has 4 rings (SSSR count). The van der Waals surface area contributed by atoms with Gasteiger partial charge in [0, 0.05) is 18.4 Å². The van der Waals surface area contributed by atoms with Gasteiger partial charge in [-0.15, -0.1) is 0 Å². The zero-order valence-electron chi connectivity index (χ0n) is 10.8. The van der Waals surface area contributed by atoms with E-state index in [4.69, 9.17) is 0 Å². The topological polar surface area (TPSA) is 37.4 Å². The van der Waals surface area contributed by atoms with E-state index in [-0.39, 0.29) is 23.7 Å². The standard InChI is InChI=1S/C15H21NO2/c17-14(9-3-1-2-4-9)16-8-12-10-5-6-11(7-10)13(12)15(16)18/h9-13H,1-8H2. The Morgan fingerprint density at radius 3 is 2.50 bits per heavy atom. The van der Waals surface area contributed by atoms with Gasteiger partial charge in [-0.1, -0.05) is 12.8 Å². The van der Waals surface area contributed by atoms with Gasteiger partial charge in [0.25, 0.3) is 0 Å². The summed E-state index contributed by atoms with van der Waals surface area (Å²) in [6.07, 6.45) is 8.11. The Kier molecular flexibility index (Phi) is 2.33. The molecular weight excluding hydrogens is 226 g/mol. The molecule has 3 aliphatic carbocycles. The van der Waals surface area contributed by atoms with Crippen LogP contribution in [0.2, 0.25) is 0 Å². The zero-order valence-corrected chi connectivity index (χ0v) is 10.8. The lowest BCUT2D eigenvalue weighted by Crippen LogP contribution is -2.38. The Balaban J connectivity index is 1.54. The highest BCUT2D eigenvalue weighted by molar-refractivity contribution is 5.99. The molecule has 0 N–H and O–H groups in total. The summed E-state index contributed by atoms with van der Waals surface area (Å²) >= 11 is 0. The molecule has 0 radical (unpaired) electrons. The van der Waals surface area contributed by atoms with Gasteiger partial charge >= 0.3 is 0 Å². The summed E-state index contributed by atoms with van der Waals surface area (Å²) in [6.45, 7) is 0.750. The summed E-state index contributed by atoms with van der Waals surface area (Å²) < 4.78 is 0. The molecule has 4 aliphatic rings. The Morgan fingerprint density at radius 1 is 1.06 bits per heavy atom. The average Bonchev–Trinajstić information content (AvgIpc) is 3.11. The number of carbonyl (C=O) groups is 2. The Labute approximate surface area is 108 Å². The van der Waals surface area contributed by atoms with E-state index >= 15 is 0 Å². The molecule has 3 nitrogen and oxygen atoms in total. The predicted octanol–water partition coefficient (Wildman–Crippen LogP) is 2.21. The average molecular weight is 247 g/mol. The van der Waals surface area contributed by atoms with Gasteiger partial charge in [0.05, 0.1) is 0 Å². The smallest absolute Gasteiger partial charge is 0.232 e. The minimum Gasteiger partial charge on any atom is -0.282 e. The van der Waals surface area contributed by atoms with Crippen LogP contribution in [0, 0.1) is 29.6 Å². The van der Waals surface area contributed by atoms with Gasteiger partial charge in [0.2, 0.25) is 11.8 Å². The molecule has 18 heavy (non-hydrogen) atoms. The van der Waals surface area contributed by atoms with Crippen molar-refractivity contribution in [2.45, 2.75) is 44.9 Å². The fourth-order valence-corrected chi connectivity index (χ4v) is 5.13. The highest BCUT2D eigenvalue weighted by Crippen LogP contribution is 2.55. The summed E-state index contributed by atoms with van der Waals surface area (Å²) in [5.41, 5.74) is 0. The van der Waals surface area contributed by atoms with Gasteiger partial charge in [0.15, 0.2) is 0 Å². The summed E-state index contributed by atoms with van der Waals surface area (Å²) in [5, 5.41) is 0. The van der Waals surface area contributed by atoms with Crippen LogP contribution in [0.3, 0.4) is 0 Å². The second-order valence-corrected chi connectivity index (χ2v) is 6.79. The van der Waals surface area contributed by atoms with Crippen LogP contribution in [0.5, 0.6) is 0 Å². The van der Waals surface area contributed by atoms with E-state index < -0.39 is 0 Å². The van der Waals surface area contributed by atoms with Crippen LogP contribution in [0.25, 0.3) is 0 Å². The van der Waals surface area contributed by atoms with Crippen molar-refractivity contribution in [1.29, 1.82) is 0 Å². The van der Waals surface area contributed by atoms with E-state index in [1.54, 1.807) is 4.90 Å². The van der Waals surface area contributed by atoms with Gasteiger partial charge in [-0.3, -0.25) is 14.5 Å². The number of hydrogen-bond acceptors (Lipinski definition) is 2. The van der Waals surface area contributed by atoms with Crippen LogP contribution in [0.15, 0.2) is 0 Å². The van der Waals surface area contributed by atoms with Crippen molar-refractivity contribution >= 4 is 11.8 Å². The van der Waals surface area contributed by atoms with Crippen LogP contribution >= 0.6 is 0 Å². The molecule has 1 heterocycles. The highest BCUT2D eigenvalue weighted by atomic mass is 16.2. The van der Waals surface area contributed by atoms with Crippen molar-refractivity contribution < 1.29 is 9.59 Å². The molecule has 0 aromatic heterocycles. The number of nitrogens with zero attached hydrogens (tertiary/aromatic N) is 1. The number of likely N-dealkylation sites (tertiary alicyclic amines) is 1. The van der Waals surface area contributed by atoms with E-state index in [9.17, 15) is 9.59 Å². The summed E-state index contributed by atoms with van der Waals surface area (Å²) in [6, 6.07) is 0. The van der Waals surface area contributed by atoms with Gasteiger partial charge in [-0.2, -0.15) is 0 Å². The maximum atomic E-state index is 12.5. The Bertz CT molecular complexity index is 399. The van der Waals surface area contributed by atoms with E-state index in [1.165, 1.54) is 19.3 Å². The van der Waals surface area contributed by atoms with Gasteiger partial charge in [-0.05, 0) is 49.9 Å². The number of fused-ring (bicyclic) bond motifs is 5. The number of hydrogen-bond donors (Lipinski definition) is 0. The van der Waals surface area contributed by atoms with Gasteiger partial charge in [0.1, 0.15) is 0 Å². The quantitative estimate of drug-likeness (QED) is 0.666. The highest BCUT2D eigenvalue weighted by Gasteiger charge is 2.57. The molecule has 3 saturated carbocycles. The molecule has 1 aliphatic heterocycles. The number of imide groups is 1. The molecule has 98 valence electrons. The molecule has 0 spiro atoms. The third kappa shape index (κ3) is 1.36. The third-order valence-corrected chi connectivity index (χ3v) is 6.00. The van der Waals surface area contributed by atoms with E-state index in [2.05, 4.69) is 0 Å². The van der Waals surface area contributed by atoms with Crippen LogP contribution in [0.1, 0.15) is 44.9 Å². The van der Waals surface area contributed by atoms with Crippen molar-refractivity contribution in [2.24, 2.45) is 29.6 Å². The van der Waals surface area contributed by atoms with Gasteiger partial charge < -0.3 is 0 Å². The lowest BCUT2D eigenvalue weighted by atomic mass is 9.81. The first-order chi connectivity index (χ1) is 8.75. The van der Waals surface area contributed by atoms with Crippen molar-refractivity contribution in [2.75, 3.05) is 6.54 Å². The Hall–Kier alpha value is -0.860. The summed E-state index contributed by atoms with van der Waals surface area (Å²) in [5.74, 6) is 2.58. The van der Waals surface area contributed by atoms with E-state index in [0.717, 1.165) is 38.1 Å². The van der Waals surface area contributed by atoms with E-state index in [0.29, 0.717) is 11.8 Å². The first kappa shape index (κ1) is 11.0. The summed E-state index contributed by atoms with van der Waals surface area (Å²) in [4.78, 5) is 26.6. The molecule has 1 saturated heterocycles. The van der Waals surface area contributed by atoms with E-state index in [1.807, 2.05) is 0 Å². The molecule has 4 unspecified atom stereocenters. The molecule has 3 heteroatoms. The SMILES string of the molecule is O=C(C1CCCC1)N1CC2C3CCC(C3)C2C1=O. The fourth-order valence-electron chi connectivity index (χ4n) is 5.13. The zero-order chi connectivity index (χ0) is 12.3. The van der Waals surface area contributed by atoms with Crippen molar-refractivity contribution in [3.8, 4) is 0 Å². The van der Waals surface area contributed by atoms with Gasteiger partial charge in [-0.25, -0.2) is 0 Å². The Morgan fingerprint density at radius 2 is 1.78 bits per heavy atom. The minimum atomic E-state index is 0.158. The van der Waals surface area contributed by atoms with Crippen LogP contribution in [0.4, 0.5) is 0 Å². The first-order valence-corrected chi connectivity index (χ1v) is 7.61. The maximum absolute atomic E-state index is 12.5. The van der Waals surface area contributed by atoms with Crippen molar-refractivity contribution in [3.63, 3.8) is 0 Å². The second-order valence-electron chi connectivity index (χ2n) is 6.79. The van der Waals surface area contributed by atoms with Crippen LogP contribution in [-0.2, 0) is 9.59 Å². The molecule has 4 fully saturated rings. The monoisotopic (exact) mass is 247 g/mol. The molecular formula is C15H21NO2. The molecule has 2 bridgehead atoms. The lowest BCUT2D eigenvalue weighted by Gasteiger charge is -2.20. The second kappa shape index (κ2) is 3.82. The molecule has 2 amide bonds. The first-order valence-electron chi connectivity index (χ1n) is 7.61. The van der Waals surface area contributed by atoms with Crippen molar-refractivity contribution in [3.05, 3.63) is 0 Å². The maximum Gasteiger partial charge on any atom is 0.232 e. The number of amides is 2. The largest absolute Gasteiger partial charge is 0.282 e. The van der Waals surface area contributed by atoms with Crippen LogP contribution in [-0.4, -0.2) is 23.3 Å². The summed E-state index contributed by atoms with van der Waals surface area (Å²) in [7, 11) is 0. The lowest BCUT2D eigenvalue weighted by molar-refractivity contribution is -0.146. The minimum absolute atomic E-state index is 0.158. The molecule has 0 aromatic rings. The number of carbonyl (C=O) groups excluding carboxylic acids is 2. The number of rotatable bonds is 1. The fraction of sp³-hybridized carbons (Fsp3) is 0.867. The van der Waals surface area contributed by atoms with Crippen molar-refractivity contribution in [1.82, 2.24) is 4.90 Å². The predicted molar refractivity (Wildman–Crippen MR) is 66.5 cm³/mol. The molecule has 4 atom stereocenters. The van der Waals surface area contributed by atoms with Crippen LogP contribution < -0.4 is 0 Å². The molecule has 0 aromatic carbocycles.